The van der Waals surface area contributed by atoms with Gasteiger partial charge in [0.1, 0.15) is 5.15 Å². The van der Waals surface area contributed by atoms with Crippen LogP contribution in [-0.4, -0.2) is 16.1 Å². The van der Waals surface area contributed by atoms with Gasteiger partial charge in [0.15, 0.2) is 0 Å². The zero-order valence-corrected chi connectivity index (χ0v) is 25.6. The van der Waals surface area contributed by atoms with Crippen LogP contribution in [0.4, 0.5) is 0 Å². The number of hydrogen-bond acceptors (Lipinski definition) is 2. The Morgan fingerprint density at radius 2 is 1.71 bits per heavy atom. The lowest BCUT2D eigenvalue weighted by Gasteiger charge is -2.71. The highest BCUT2D eigenvalue weighted by Crippen LogP contribution is 2.75. The summed E-state index contributed by atoms with van der Waals surface area (Å²) in [6.45, 7) is 20.1. The molecule has 0 spiro atoms. The first-order chi connectivity index (χ1) is 17.6. The highest BCUT2D eigenvalue weighted by atomic mass is 35.5. The Morgan fingerprint density at radius 1 is 1.00 bits per heavy atom. The van der Waals surface area contributed by atoms with Gasteiger partial charge in [-0.15, -0.1) is 0 Å². The minimum absolute atomic E-state index is 0.0893. The topological polar surface area (TPSA) is 50.2 Å². The van der Waals surface area contributed by atoms with Crippen LogP contribution in [0.2, 0.25) is 5.15 Å². The Hall–Kier alpha value is -1.35. The molecule has 0 bridgehead atoms. The summed E-state index contributed by atoms with van der Waals surface area (Å²) in [5, 5.41) is 9.94. The number of pyridine rings is 1. The summed E-state index contributed by atoms with van der Waals surface area (Å²) in [6.07, 6.45) is 12.7. The molecule has 0 aromatic carbocycles. The Labute approximate surface area is 235 Å². The van der Waals surface area contributed by atoms with E-state index in [0.29, 0.717) is 23.2 Å². The first kappa shape index (κ1) is 26.9. The summed E-state index contributed by atoms with van der Waals surface area (Å²) < 4.78 is 0. The maximum Gasteiger partial charge on any atom is 0.338 e. The first-order valence-corrected chi connectivity index (χ1v) is 15.6. The number of fused-ring (bicyclic) bond motifs is 8. The zero-order valence-electron chi connectivity index (χ0n) is 24.9. The third kappa shape index (κ3) is 3.20. The predicted molar refractivity (Wildman–Crippen MR) is 155 cm³/mol. The molecule has 0 amide bonds. The number of hydrogen-bond donors (Lipinski definition) is 1. The van der Waals surface area contributed by atoms with Crippen molar-refractivity contribution in [2.75, 3.05) is 0 Å². The molecule has 38 heavy (non-hydrogen) atoms. The van der Waals surface area contributed by atoms with Crippen LogP contribution in [0.15, 0.2) is 17.7 Å². The van der Waals surface area contributed by atoms with Gasteiger partial charge in [-0.1, -0.05) is 78.6 Å². The van der Waals surface area contributed by atoms with Crippen LogP contribution in [0.25, 0.3) is 0 Å². The van der Waals surface area contributed by atoms with Crippen molar-refractivity contribution in [3.8, 4) is 0 Å². The Kier molecular flexibility index (Phi) is 5.73. The quantitative estimate of drug-likeness (QED) is 0.287. The van der Waals surface area contributed by atoms with Crippen LogP contribution in [0, 0.1) is 51.2 Å². The molecule has 208 valence electrons. The van der Waals surface area contributed by atoms with E-state index in [-0.39, 0.29) is 32.4 Å². The number of aromatic nitrogens is 1. The van der Waals surface area contributed by atoms with Gasteiger partial charge in [0.05, 0.1) is 11.3 Å². The van der Waals surface area contributed by atoms with Gasteiger partial charge in [-0.2, -0.15) is 0 Å². The number of aromatic carboxylic acids is 1. The SMILES string of the molecule is C[C@H]1[C@H](C)CC[C@]2(C)CC[C@]3(C)C(=CC[C@@H]4[C@@]5(C)Cc6cc(C(=O)O)c(Cl)nc6C(C)(C)[C@@H]5CC[C@]43C)[C@H]12. The molecule has 4 heteroatoms. The lowest BCUT2D eigenvalue weighted by Crippen LogP contribution is -2.64. The smallest absolute Gasteiger partial charge is 0.338 e. The van der Waals surface area contributed by atoms with Crippen LogP contribution in [-0.2, 0) is 11.8 Å². The van der Waals surface area contributed by atoms with Crippen molar-refractivity contribution in [3.05, 3.63) is 39.7 Å². The molecular formula is C34H48ClNO2. The van der Waals surface area contributed by atoms with Crippen molar-refractivity contribution < 1.29 is 9.90 Å². The van der Waals surface area contributed by atoms with Crippen molar-refractivity contribution in [3.63, 3.8) is 0 Å². The molecule has 5 aliphatic rings. The van der Waals surface area contributed by atoms with Gasteiger partial charge in [0.25, 0.3) is 0 Å². The summed E-state index contributed by atoms with van der Waals surface area (Å²) in [7, 11) is 0. The molecule has 1 heterocycles. The normalized spacial score (nSPS) is 47.0. The molecule has 3 nitrogen and oxygen atoms in total. The van der Waals surface area contributed by atoms with E-state index < -0.39 is 5.97 Å². The minimum atomic E-state index is -0.984. The second kappa shape index (κ2) is 8.11. The van der Waals surface area contributed by atoms with Gasteiger partial charge >= 0.3 is 5.97 Å². The van der Waals surface area contributed by atoms with Crippen LogP contribution in [0.1, 0.15) is 122 Å². The van der Waals surface area contributed by atoms with E-state index in [9.17, 15) is 9.90 Å². The van der Waals surface area contributed by atoms with E-state index in [1.54, 1.807) is 0 Å². The fraction of sp³-hybridized carbons (Fsp3) is 0.765. The Morgan fingerprint density at radius 3 is 2.39 bits per heavy atom. The number of allylic oxidation sites excluding steroid dienone is 2. The van der Waals surface area contributed by atoms with Gasteiger partial charge in [0.2, 0.25) is 0 Å². The number of carbonyl (C=O) groups is 1. The molecule has 1 N–H and O–H groups in total. The molecule has 1 aromatic heterocycles. The highest BCUT2D eigenvalue weighted by molar-refractivity contribution is 6.32. The van der Waals surface area contributed by atoms with Crippen molar-refractivity contribution in [1.82, 2.24) is 4.98 Å². The highest BCUT2D eigenvalue weighted by Gasteiger charge is 2.68. The summed E-state index contributed by atoms with van der Waals surface area (Å²) in [5.41, 5.74) is 4.95. The lowest BCUT2D eigenvalue weighted by atomic mass is 9.33. The second-order valence-electron chi connectivity index (χ2n) is 15.8. The molecular weight excluding hydrogens is 490 g/mol. The lowest BCUT2D eigenvalue weighted by molar-refractivity contribution is -0.161. The van der Waals surface area contributed by atoms with Gasteiger partial charge in [-0.25, -0.2) is 9.78 Å². The zero-order chi connectivity index (χ0) is 27.6. The monoisotopic (exact) mass is 537 g/mol. The molecule has 0 aliphatic heterocycles. The maximum atomic E-state index is 12.0. The molecule has 0 radical (unpaired) electrons. The third-order valence-electron chi connectivity index (χ3n) is 14.0. The van der Waals surface area contributed by atoms with Crippen LogP contribution in [0.5, 0.6) is 0 Å². The number of rotatable bonds is 1. The molecule has 5 aliphatic carbocycles. The second-order valence-corrected chi connectivity index (χ2v) is 16.2. The summed E-state index contributed by atoms with van der Waals surface area (Å²) in [4.78, 5) is 16.7. The third-order valence-corrected chi connectivity index (χ3v) is 14.3. The van der Waals surface area contributed by atoms with Crippen molar-refractivity contribution in [2.24, 2.45) is 51.2 Å². The molecule has 6 rings (SSSR count). The Bertz CT molecular complexity index is 1240. The van der Waals surface area contributed by atoms with Gasteiger partial charge in [-0.3, -0.25) is 0 Å². The van der Waals surface area contributed by atoms with Crippen LogP contribution >= 0.6 is 11.6 Å². The van der Waals surface area contributed by atoms with Crippen molar-refractivity contribution in [1.29, 1.82) is 0 Å². The summed E-state index contributed by atoms with van der Waals surface area (Å²) in [6, 6.07) is 1.85. The predicted octanol–water partition coefficient (Wildman–Crippen LogP) is 9.12. The number of carboxylic acid groups (broad SMARTS) is 1. The summed E-state index contributed by atoms with van der Waals surface area (Å²) >= 11 is 6.41. The molecule has 0 unspecified atom stereocenters. The van der Waals surface area contributed by atoms with E-state index in [4.69, 9.17) is 16.6 Å². The van der Waals surface area contributed by atoms with Crippen molar-refractivity contribution >= 4 is 17.6 Å². The minimum Gasteiger partial charge on any atom is -0.478 e. The van der Waals surface area contributed by atoms with Crippen LogP contribution in [0.3, 0.4) is 0 Å². The fourth-order valence-corrected chi connectivity index (χ4v) is 11.8. The van der Waals surface area contributed by atoms with Gasteiger partial charge in [0, 0.05) is 5.41 Å². The average molecular weight is 538 g/mol. The van der Waals surface area contributed by atoms with Crippen LogP contribution < -0.4 is 0 Å². The summed E-state index contributed by atoms with van der Waals surface area (Å²) in [5.74, 6) is 2.34. The van der Waals surface area contributed by atoms with Gasteiger partial charge in [-0.05, 0) is 114 Å². The van der Waals surface area contributed by atoms with E-state index in [2.05, 4.69) is 61.5 Å². The maximum absolute atomic E-state index is 12.0. The van der Waals surface area contributed by atoms with E-state index in [1.807, 2.05) is 11.6 Å². The Balaban J connectivity index is 1.47. The molecule has 1 aromatic rings. The first-order valence-electron chi connectivity index (χ1n) is 15.2. The van der Waals surface area contributed by atoms with Gasteiger partial charge < -0.3 is 5.11 Å². The standard InChI is InChI=1S/C34H48ClNO2/c1-19-11-13-31(5)15-16-33(7)23(26(31)20(19)2)9-10-25-32(6)18-21-17-22(29(37)38)28(35)36-27(21)30(3,4)24(32)12-14-34(25,33)8/h9,17,19-20,24-26H,10-16,18H2,1-8H3,(H,37,38)/t19-,20+,24+,25-,26+,31-,32+,33-,34-/m1/s1. The average Bonchev–Trinajstić information content (AvgIpc) is 2.82. The molecule has 3 fully saturated rings. The molecule has 9 atom stereocenters. The molecule has 3 saturated carbocycles. The van der Waals surface area contributed by atoms with E-state index >= 15 is 0 Å². The number of halogens is 1. The van der Waals surface area contributed by atoms with E-state index in [1.165, 1.54) is 38.5 Å². The largest absolute Gasteiger partial charge is 0.478 e. The fourth-order valence-electron chi connectivity index (χ4n) is 11.6. The van der Waals surface area contributed by atoms with Crippen molar-refractivity contribution in [2.45, 2.75) is 112 Å². The van der Waals surface area contributed by atoms with E-state index in [0.717, 1.165) is 35.9 Å². The number of nitrogens with zero attached hydrogens (tertiary/aromatic N) is 1. The number of carboxylic acids is 1. The molecule has 0 saturated heterocycles.